The molecule has 12 N–H and O–H groups in total. The fourth-order valence-corrected chi connectivity index (χ4v) is 3.35. The van der Waals surface area contributed by atoms with E-state index in [1.54, 1.807) is 0 Å². The van der Waals surface area contributed by atoms with E-state index in [-0.39, 0.29) is 63.2 Å². The highest BCUT2D eigenvalue weighted by Crippen LogP contribution is 2.06. The van der Waals surface area contributed by atoms with Gasteiger partial charge in [-0.15, -0.1) is 0 Å². The molecule has 4 atom stereocenters. The number of aliphatic hydroxyl groups is 1. The topological polar surface area (TPSA) is 313 Å². The molecular weight excluding hydrogens is 568 g/mol. The van der Waals surface area contributed by atoms with Crippen molar-refractivity contribution in [2.24, 2.45) is 11.5 Å². The summed E-state index contributed by atoms with van der Waals surface area (Å²) in [6.45, 7) is -0.720. The number of amides is 5. The van der Waals surface area contributed by atoms with E-state index in [0.29, 0.717) is 15.2 Å². The molecule has 0 saturated heterocycles. The third-order valence-corrected chi connectivity index (χ3v) is 5.63. The van der Waals surface area contributed by atoms with Crippen LogP contribution in [0.5, 0.6) is 0 Å². The summed E-state index contributed by atoms with van der Waals surface area (Å²) in [5, 5.41) is 63.9. The number of carbonyl (C=O) groups is 6. The van der Waals surface area contributed by atoms with Gasteiger partial charge in [-0.1, -0.05) is 0 Å². The first kappa shape index (κ1) is 38.5. The Morgan fingerprint density at radius 2 is 1.45 bits per heavy atom. The molecule has 42 heavy (non-hydrogen) atoms. The summed E-state index contributed by atoms with van der Waals surface area (Å²) < 4.78 is 0. The van der Waals surface area contributed by atoms with E-state index in [9.17, 15) is 49.5 Å². The van der Waals surface area contributed by atoms with Crippen LogP contribution in [0.25, 0.3) is 0 Å². The monoisotopic (exact) mass is 610 g/mol. The fourth-order valence-electron chi connectivity index (χ4n) is 3.35. The maximum absolute atomic E-state index is 12.8. The van der Waals surface area contributed by atoms with Gasteiger partial charge in [0.05, 0.1) is 31.8 Å². The van der Waals surface area contributed by atoms with E-state index in [0.717, 1.165) is 6.92 Å². The molecule has 0 spiro atoms. The van der Waals surface area contributed by atoms with Crippen LogP contribution in [0.2, 0.25) is 0 Å². The highest BCUT2D eigenvalue weighted by atomic mass is 16.5. The number of nitrogens with zero attached hydrogens (tertiary/aromatic N) is 4. The maximum Gasteiger partial charge on any atom is 0.341 e. The number of carboxylic acids is 1. The van der Waals surface area contributed by atoms with E-state index >= 15 is 0 Å². The number of urea groups is 1. The number of carbonyl (C=O) groups excluding carboxylic acids is 5. The molecule has 0 aliphatic carbocycles. The second-order valence-corrected chi connectivity index (χ2v) is 9.38. The molecule has 0 bridgehead atoms. The Bertz CT molecular complexity index is 897. The molecule has 242 valence electrons. The average Bonchev–Trinajstić information content (AvgIpc) is 2.91. The number of aliphatic carboxylic acids is 1. The minimum absolute atomic E-state index is 0.00815. The van der Waals surface area contributed by atoms with Gasteiger partial charge in [0.2, 0.25) is 12.3 Å². The molecule has 0 aliphatic rings. The summed E-state index contributed by atoms with van der Waals surface area (Å²) in [7, 11) is 0. The van der Waals surface area contributed by atoms with Crippen molar-refractivity contribution in [2.45, 2.75) is 63.3 Å². The summed E-state index contributed by atoms with van der Waals surface area (Å²) >= 11 is 0. The van der Waals surface area contributed by atoms with Crippen molar-refractivity contribution in [1.82, 2.24) is 30.9 Å². The number of nitrogens with two attached hydrogens (primary N) is 2. The minimum Gasteiger partial charge on any atom is -0.480 e. The van der Waals surface area contributed by atoms with Crippen LogP contribution in [-0.4, -0.2) is 151 Å². The SMILES string of the molecule is CC(=O)CN(O)CC(O)C(NC(=O)C(N)CCCN(O)C(=O)NCCCN(O)C=O)C(=O)N(O)CCCC(N)C(=O)O. The van der Waals surface area contributed by atoms with E-state index in [2.05, 4.69) is 10.6 Å². The number of Topliss-reactive ketones (excluding diaryl/α,β-unsaturated/α-hetero) is 1. The highest BCUT2D eigenvalue weighted by molar-refractivity contribution is 5.89. The summed E-state index contributed by atoms with van der Waals surface area (Å²) in [5.74, 6) is -3.95. The molecule has 4 unspecified atom stereocenters. The molecule has 0 aromatic rings. The van der Waals surface area contributed by atoms with Crippen LogP contribution >= 0.6 is 0 Å². The van der Waals surface area contributed by atoms with E-state index in [1.165, 1.54) is 0 Å². The third-order valence-electron chi connectivity index (χ3n) is 5.63. The van der Waals surface area contributed by atoms with E-state index in [1.807, 2.05) is 0 Å². The molecule has 20 heteroatoms. The van der Waals surface area contributed by atoms with Gasteiger partial charge in [-0.25, -0.2) is 20.0 Å². The Labute approximate surface area is 241 Å². The molecule has 0 aromatic heterocycles. The van der Waals surface area contributed by atoms with Crippen molar-refractivity contribution < 1.29 is 59.8 Å². The zero-order chi connectivity index (χ0) is 32.4. The molecule has 20 nitrogen and oxygen atoms in total. The van der Waals surface area contributed by atoms with E-state index in [4.69, 9.17) is 21.8 Å². The Morgan fingerprint density at radius 3 is 2.00 bits per heavy atom. The van der Waals surface area contributed by atoms with Gasteiger partial charge in [0.15, 0.2) is 0 Å². The molecule has 0 aliphatic heterocycles. The zero-order valence-electron chi connectivity index (χ0n) is 23.2. The van der Waals surface area contributed by atoms with Crippen molar-refractivity contribution in [3.63, 3.8) is 0 Å². The first-order chi connectivity index (χ1) is 19.6. The summed E-state index contributed by atoms with van der Waals surface area (Å²) in [4.78, 5) is 69.7. The molecular formula is C22H42N8O12. The van der Waals surface area contributed by atoms with Crippen LogP contribution in [0, 0.1) is 0 Å². The number of aliphatic hydroxyl groups excluding tert-OH is 1. The van der Waals surface area contributed by atoms with Crippen LogP contribution < -0.4 is 22.1 Å². The zero-order valence-corrected chi connectivity index (χ0v) is 23.2. The number of ketones is 1. The maximum atomic E-state index is 12.8. The van der Waals surface area contributed by atoms with Gasteiger partial charge in [-0.2, -0.15) is 5.06 Å². The number of hydrogen-bond donors (Lipinski definition) is 10. The molecule has 0 rings (SSSR count). The average molecular weight is 611 g/mol. The lowest BCUT2D eigenvalue weighted by Gasteiger charge is -2.29. The van der Waals surface area contributed by atoms with Gasteiger partial charge < -0.3 is 37.5 Å². The lowest BCUT2D eigenvalue weighted by atomic mass is 10.1. The number of nitrogens with one attached hydrogen (secondary N) is 2. The number of hydroxylamine groups is 8. The molecule has 0 fully saturated rings. The highest BCUT2D eigenvalue weighted by Gasteiger charge is 2.34. The third kappa shape index (κ3) is 16.1. The number of carboxylic acid groups (broad SMARTS) is 1. The first-order valence-electron chi connectivity index (χ1n) is 12.9. The normalized spacial score (nSPS) is 13.8. The van der Waals surface area contributed by atoms with Crippen molar-refractivity contribution in [3.05, 3.63) is 0 Å². The lowest BCUT2D eigenvalue weighted by Crippen LogP contribution is -2.59. The van der Waals surface area contributed by atoms with Crippen molar-refractivity contribution in [1.29, 1.82) is 0 Å². The molecule has 0 saturated carbocycles. The Kier molecular flexibility index (Phi) is 18.7. The Hall–Kier alpha value is -3.50. The van der Waals surface area contributed by atoms with Crippen LogP contribution in [0.1, 0.15) is 39.0 Å². The molecule has 0 heterocycles. The molecule has 5 amide bonds. The predicted octanol–water partition coefficient (Wildman–Crippen LogP) is -3.73. The van der Waals surface area contributed by atoms with Gasteiger partial charge in [-0.3, -0.25) is 39.6 Å². The van der Waals surface area contributed by atoms with Gasteiger partial charge in [-0.05, 0) is 39.0 Å². The van der Waals surface area contributed by atoms with Gasteiger partial charge in [0.1, 0.15) is 17.9 Å². The van der Waals surface area contributed by atoms with Crippen LogP contribution in [-0.2, 0) is 24.0 Å². The van der Waals surface area contributed by atoms with Crippen LogP contribution in [0.3, 0.4) is 0 Å². The van der Waals surface area contributed by atoms with Crippen molar-refractivity contribution in [3.8, 4) is 0 Å². The van der Waals surface area contributed by atoms with Crippen LogP contribution in [0.4, 0.5) is 4.79 Å². The quantitative estimate of drug-likeness (QED) is 0.0244. The van der Waals surface area contributed by atoms with Gasteiger partial charge in [0.25, 0.3) is 5.91 Å². The van der Waals surface area contributed by atoms with Gasteiger partial charge >= 0.3 is 12.0 Å². The summed E-state index contributed by atoms with van der Waals surface area (Å²) in [5.41, 5.74) is 11.2. The Morgan fingerprint density at radius 1 is 0.881 bits per heavy atom. The standard InChI is InChI=1S/C22H42N8O12/c1-14(32)11-28(40)12-17(33)18(20(35)29(41)9-3-6-16(24)21(36)37)26-19(34)15(23)5-2-10-30(42)22(38)25-7-4-8-27(39)13-31/h13,15-18,33,39-42H,2-12,23-24H2,1H3,(H,25,38)(H,26,34)(H,36,37). The second kappa shape index (κ2) is 20.4. The van der Waals surface area contributed by atoms with Crippen LogP contribution in [0.15, 0.2) is 0 Å². The number of hydrogen-bond acceptors (Lipinski definition) is 14. The van der Waals surface area contributed by atoms with Crippen molar-refractivity contribution in [2.75, 3.05) is 39.3 Å². The molecule has 0 radical (unpaired) electrons. The van der Waals surface area contributed by atoms with E-state index < -0.39 is 73.5 Å². The minimum atomic E-state index is -1.85. The lowest BCUT2D eigenvalue weighted by molar-refractivity contribution is -0.175. The van der Waals surface area contributed by atoms with Crippen molar-refractivity contribution >= 4 is 36.0 Å². The van der Waals surface area contributed by atoms with Gasteiger partial charge in [0, 0.05) is 19.6 Å². The summed E-state index contributed by atoms with van der Waals surface area (Å²) in [6, 6.07) is -5.30. The first-order valence-corrected chi connectivity index (χ1v) is 12.9. The fraction of sp³-hybridized carbons (Fsp3) is 0.727. The smallest absolute Gasteiger partial charge is 0.341 e. The number of rotatable bonds is 22. The molecule has 0 aromatic carbocycles. The predicted molar refractivity (Wildman–Crippen MR) is 139 cm³/mol. The second-order valence-electron chi connectivity index (χ2n) is 9.38. The Balaban J connectivity index is 5.07. The largest absolute Gasteiger partial charge is 0.480 e. The summed E-state index contributed by atoms with van der Waals surface area (Å²) in [6.07, 6.45) is -1.70.